The highest BCUT2D eigenvalue weighted by molar-refractivity contribution is 7.15. The summed E-state index contributed by atoms with van der Waals surface area (Å²) in [7, 11) is 0. The highest BCUT2D eigenvalue weighted by Crippen LogP contribution is 2.31. The van der Waals surface area contributed by atoms with Gasteiger partial charge in [-0.05, 0) is 56.3 Å². The Kier molecular flexibility index (Phi) is 7.27. The maximum atomic E-state index is 12.7. The first-order chi connectivity index (χ1) is 16.7. The number of aromatic nitrogens is 2. The van der Waals surface area contributed by atoms with Crippen molar-refractivity contribution in [2.75, 3.05) is 38.1 Å². The van der Waals surface area contributed by atoms with Crippen LogP contribution in [0.1, 0.15) is 29.5 Å². The summed E-state index contributed by atoms with van der Waals surface area (Å²) < 4.78 is 5.96. The maximum absolute atomic E-state index is 12.7. The maximum Gasteiger partial charge on any atom is 0.227 e. The summed E-state index contributed by atoms with van der Waals surface area (Å²) in [4.78, 5) is 24.3. The molecule has 2 aliphatic rings. The van der Waals surface area contributed by atoms with Crippen molar-refractivity contribution in [3.05, 3.63) is 53.0 Å². The van der Waals surface area contributed by atoms with Crippen LogP contribution in [0.3, 0.4) is 0 Å². The van der Waals surface area contributed by atoms with Gasteiger partial charge in [0.1, 0.15) is 6.10 Å². The van der Waals surface area contributed by atoms with Crippen molar-refractivity contribution in [2.24, 2.45) is 5.92 Å². The molecule has 1 aromatic carbocycles. The highest BCUT2D eigenvalue weighted by atomic mass is 32.1. The van der Waals surface area contributed by atoms with E-state index in [2.05, 4.69) is 16.0 Å². The quantitative estimate of drug-likeness (QED) is 0.430. The van der Waals surface area contributed by atoms with Crippen LogP contribution in [-0.4, -0.2) is 53.8 Å². The fourth-order valence-corrected chi connectivity index (χ4v) is 5.14. The fourth-order valence-electron chi connectivity index (χ4n) is 4.31. The molecule has 0 aliphatic carbocycles. The Labute approximate surface area is 202 Å². The van der Waals surface area contributed by atoms with Crippen molar-refractivity contribution in [2.45, 2.75) is 25.6 Å². The van der Waals surface area contributed by atoms with Gasteiger partial charge >= 0.3 is 0 Å². The molecule has 4 heterocycles. The molecule has 3 aromatic rings. The lowest BCUT2D eigenvalue weighted by atomic mass is 9.97. The van der Waals surface area contributed by atoms with Gasteiger partial charge in [-0.2, -0.15) is 0 Å². The van der Waals surface area contributed by atoms with E-state index >= 15 is 0 Å². The second-order valence-corrected chi connectivity index (χ2v) is 9.75. The first-order valence-corrected chi connectivity index (χ1v) is 12.5. The van der Waals surface area contributed by atoms with Gasteiger partial charge in [0.2, 0.25) is 5.91 Å². The summed E-state index contributed by atoms with van der Waals surface area (Å²) in [6.07, 6.45) is 1.55. The van der Waals surface area contributed by atoms with Crippen LogP contribution in [-0.2, 0) is 16.1 Å². The molecule has 1 unspecified atom stereocenters. The van der Waals surface area contributed by atoms with E-state index in [0.29, 0.717) is 19.0 Å². The molecule has 0 spiro atoms. The number of amides is 1. The monoisotopic (exact) mass is 479 g/mol. The van der Waals surface area contributed by atoms with Crippen LogP contribution in [0.2, 0.25) is 0 Å². The minimum atomic E-state index is -0.158. The number of thiophene rings is 1. The van der Waals surface area contributed by atoms with E-state index in [-0.39, 0.29) is 24.5 Å². The standard InChI is InChI=1S/C25H29N5O3S/c31-15-19-4-5-23(34-19)21-13-20(22-14-27-10-11-33-22)29-24(30-21)17-2-1-3-18(12-17)28-25(32)16-6-8-26-9-7-16/h1-5,12-13,16,22,26-27,31H,6-11,14-15H2,(H,28,32). The molecule has 9 heteroatoms. The predicted molar refractivity (Wildman–Crippen MR) is 132 cm³/mol. The predicted octanol–water partition coefficient (Wildman–Crippen LogP) is 2.96. The Hall–Kier alpha value is -2.69. The van der Waals surface area contributed by atoms with E-state index < -0.39 is 0 Å². The number of hydrogen-bond donors (Lipinski definition) is 4. The van der Waals surface area contributed by atoms with Crippen molar-refractivity contribution in [3.8, 4) is 22.0 Å². The number of ether oxygens (including phenoxy) is 1. The van der Waals surface area contributed by atoms with Crippen LogP contribution in [0, 0.1) is 5.92 Å². The van der Waals surface area contributed by atoms with Crippen LogP contribution in [0.15, 0.2) is 42.5 Å². The Morgan fingerprint density at radius 3 is 2.76 bits per heavy atom. The molecule has 0 radical (unpaired) electrons. The van der Waals surface area contributed by atoms with Gasteiger partial charge in [0.25, 0.3) is 0 Å². The molecule has 4 N–H and O–H groups in total. The number of aliphatic hydroxyl groups is 1. The number of piperidine rings is 1. The average molecular weight is 480 g/mol. The number of aliphatic hydroxyl groups excluding tert-OH is 1. The summed E-state index contributed by atoms with van der Waals surface area (Å²) in [5, 5.41) is 19.2. The van der Waals surface area contributed by atoms with Crippen molar-refractivity contribution in [1.29, 1.82) is 0 Å². The largest absolute Gasteiger partial charge is 0.391 e. The summed E-state index contributed by atoms with van der Waals surface area (Å²) in [5.41, 5.74) is 3.18. The third-order valence-corrected chi connectivity index (χ3v) is 7.26. The van der Waals surface area contributed by atoms with Gasteiger partial charge in [0, 0.05) is 35.1 Å². The van der Waals surface area contributed by atoms with Crippen molar-refractivity contribution in [3.63, 3.8) is 0 Å². The normalized spacial score (nSPS) is 19.1. The molecule has 178 valence electrons. The number of nitrogens with zero attached hydrogens (tertiary/aromatic N) is 2. The Bertz CT molecular complexity index is 1140. The number of carbonyl (C=O) groups excluding carboxylic acids is 1. The second kappa shape index (κ2) is 10.7. The van der Waals surface area contributed by atoms with Crippen LogP contribution in [0.4, 0.5) is 5.69 Å². The zero-order valence-electron chi connectivity index (χ0n) is 18.9. The van der Waals surface area contributed by atoms with Crippen LogP contribution in [0.5, 0.6) is 0 Å². The third kappa shape index (κ3) is 5.34. The minimum absolute atomic E-state index is 0.00389. The molecule has 2 aromatic heterocycles. The molecular formula is C25H29N5O3S. The van der Waals surface area contributed by atoms with Gasteiger partial charge in [0.15, 0.2) is 5.82 Å². The fraction of sp³-hybridized carbons (Fsp3) is 0.400. The molecule has 2 aliphatic heterocycles. The number of benzene rings is 1. The summed E-state index contributed by atoms with van der Waals surface area (Å²) in [5.74, 6) is 0.677. The third-order valence-electron chi connectivity index (χ3n) is 6.17. The number of rotatable bonds is 6. The van der Waals surface area contributed by atoms with Gasteiger partial charge in [-0.25, -0.2) is 9.97 Å². The SMILES string of the molecule is O=C(Nc1cccc(-c2nc(-c3ccc(CO)s3)cc(C3CNCCO3)n2)c1)C1CCNCC1. The average Bonchev–Trinajstić information content (AvgIpc) is 3.39. The number of anilines is 1. The molecule has 1 atom stereocenters. The molecule has 5 rings (SSSR count). The van der Waals surface area contributed by atoms with E-state index in [1.165, 1.54) is 11.3 Å². The molecule has 2 saturated heterocycles. The molecule has 34 heavy (non-hydrogen) atoms. The van der Waals surface area contributed by atoms with Crippen molar-refractivity contribution < 1.29 is 14.6 Å². The first kappa shape index (κ1) is 23.1. The Morgan fingerprint density at radius 1 is 1.12 bits per heavy atom. The van der Waals surface area contributed by atoms with Gasteiger partial charge in [-0.15, -0.1) is 11.3 Å². The number of carbonyl (C=O) groups is 1. The lowest BCUT2D eigenvalue weighted by Gasteiger charge is -2.24. The molecule has 1 amide bonds. The van der Waals surface area contributed by atoms with E-state index in [1.807, 2.05) is 42.5 Å². The smallest absolute Gasteiger partial charge is 0.227 e. The van der Waals surface area contributed by atoms with Gasteiger partial charge in [-0.3, -0.25) is 4.79 Å². The van der Waals surface area contributed by atoms with E-state index in [9.17, 15) is 9.90 Å². The zero-order valence-corrected chi connectivity index (χ0v) is 19.7. The number of nitrogens with one attached hydrogen (secondary N) is 3. The molecule has 0 bridgehead atoms. The van der Waals surface area contributed by atoms with Gasteiger partial charge in [-0.1, -0.05) is 12.1 Å². The minimum Gasteiger partial charge on any atom is -0.391 e. The molecule has 8 nitrogen and oxygen atoms in total. The van der Waals surface area contributed by atoms with E-state index in [1.54, 1.807) is 0 Å². The summed E-state index contributed by atoms with van der Waals surface area (Å²) in [6, 6.07) is 13.5. The molecule has 0 saturated carbocycles. The van der Waals surface area contributed by atoms with E-state index in [0.717, 1.165) is 64.9 Å². The van der Waals surface area contributed by atoms with Crippen LogP contribution < -0.4 is 16.0 Å². The number of morpholine rings is 1. The van der Waals surface area contributed by atoms with Crippen molar-refractivity contribution >= 4 is 22.9 Å². The Balaban J connectivity index is 1.46. The van der Waals surface area contributed by atoms with Gasteiger partial charge < -0.3 is 25.8 Å². The first-order valence-electron chi connectivity index (χ1n) is 11.7. The van der Waals surface area contributed by atoms with E-state index in [4.69, 9.17) is 14.7 Å². The zero-order chi connectivity index (χ0) is 23.3. The van der Waals surface area contributed by atoms with Gasteiger partial charge in [0.05, 0.1) is 29.5 Å². The Morgan fingerprint density at radius 2 is 2.00 bits per heavy atom. The summed E-state index contributed by atoms with van der Waals surface area (Å²) in [6.45, 7) is 3.90. The molecular weight excluding hydrogens is 450 g/mol. The second-order valence-electron chi connectivity index (χ2n) is 8.58. The van der Waals surface area contributed by atoms with Crippen molar-refractivity contribution in [1.82, 2.24) is 20.6 Å². The number of hydrogen-bond acceptors (Lipinski definition) is 8. The topological polar surface area (TPSA) is 108 Å². The lowest BCUT2D eigenvalue weighted by Crippen LogP contribution is -2.34. The highest BCUT2D eigenvalue weighted by Gasteiger charge is 2.22. The van der Waals surface area contributed by atoms with Crippen LogP contribution in [0.25, 0.3) is 22.0 Å². The lowest BCUT2D eigenvalue weighted by molar-refractivity contribution is -0.120. The van der Waals surface area contributed by atoms with Crippen LogP contribution >= 0.6 is 11.3 Å². The summed E-state index contributed by atoms with van der Waals surface area (Å²) >= 11 is 1.51. The molecule has 2 fully saturated rings.